The standard InChI is InChI=1S/C18H21N3O2S/c1-12-9-16(12)17-8-7-15(23-17)11-20-21-18(24)19-10-13-3-5-14(22-2)6-4-13/h3-8,11-12,16H,9-10H2,1-2H3,(H2,19,21,24)/b20-11-/t12-,16+/m0/s1. The van der Waals surface area contributed by atoms with Crippen molar-refractivity contribution >= 4 is 23.5 Å². The molecule has 2 aromatic rings. The maximum atomic E-state index is 5.75. The van der Waals surface area contributed by atoms with Crippen LogP contribution in [0, 0.1) is 5.92 Å². The first-order chi connectivity index (χ1) is 11.7. The molecule has 0 amide bonds. The second-order valence-electron chi connectivity index (χ2n) is 5.96. The molecular weight excluding hydrogens is 322 g/mol. The number of hydrazone groups is 1. The summed E-state index contributed by atoms with van der Waals surface area (Å²) in [6.45, 7) is 2.85. The van der Waals surface area contributed by atoms with Gasteiger partial charge in [-0.2, -0.15) is 5.10 Å². The first-order valence-corrected chi connectivity index (χ1v) is 8.36. The maximum Gasteiger partial charge on any atom is 0.187 e. The van der Waals surface area contributed by atoms with Gasteiger partial charge in [0.2, 0.25) is 0 Å². The van der Waals surface area contributed by atoms with Gasteiger partial charge < -0.3 is 14.5 Å². The van der Waals surface area contributed by atoms with Gasteiger partial charge in [0.1, 0.15) is 17.3 Å². The van der Waals surface area contributed by atoms with E-state index in [9.17, 15) is 0 Å². The Morgan fingerprint density at radius 1 is 1.33 bits per heavy atom. The highest BCUT2D eigenvalue weighted by molar-refractivity contribution is 7.80. The average molecular weight is 343 g/mol. The summed E-state index contributed by atoms with van der Waals surface area (Å²) in [5.41, 5.74) is 3.90. The lowest BCUT2D eigenvalue weighted by Gasteiger charge is -2.07. The minimum Gasteiger partial charge on any atom is -0.497 e. The molecule has 0 bridgehead atoms. The van der Waals surface area contributed by atoms with Crippen molar-refractivity contribution in [1.82, 2.24) is 10.7 Å². The summed E-state index contributed by atoms with van der Waals surface area (Å²) in [5, 5.41) is 7.66. The number of furan rings is 1. The van der Waals surface area contributed by atoms with Crippen molar-refractivity contribution < 1.29 is 9.15 Å². The third-order valence-corrected chi connectivity index (χ3v) is 4.33. The van der Waals surface area contributed by atoms with Crippen LogP contribution in [0.5, 0.6) is 5.75 Å². The van der Waals surface area contributed by atoms with Crippen LogP contribution in [0.3, 0.4) is 0 Å². The second-order valence-corrected chi connectivity index (χ2v) is 6.37. The molecule has 1 saturated carbocycles. The van der Waals surface area contributed by atoms with E-state index in [1.165, 1.54) is 6.42 Å². The highest BCUT2D eigenvalue weighted by Crippen LogP contribution is 2.47. The molecule has 1 heterocycles. The zero-order chi connectivity index (χ0) is 16.9. The van der Waals surface area contributed by atoms with Gasteiger partial charge in [0.05, 0.1) is 13.3 Å². The molecule has 0 radical (unpaired) electrons. The lowest BCUT2D eigenvalue weighted by Crippen LogP contribution is -2.31. The SMILES string of the molecule is COc1ccc(CNC(=S)N/N=C\c2ccc([C@@H]3C[C@@H]3C)o2)cc1. The molecule has 2 atom stereocenters. The van der Waals surface area contributed by atoms with Gasteiger partial charge in [-0.15, -0.1) is 0 Å². The predicted octanol–water partition coefficient (Wildman–Crippen LogP) is 3.41. The van der Waals surface area contributed by atoms with Crippen molar-refractivity contribution in [2.75, 3.05) is 7.11 Å². The molecular formula is C18H21N3O2S. The number of ether oxygens (including phenoxy) is 1. The van der Waals surface area contributed by atoms with Crippen LogP contribution in [0.1, 0.15) is 36.3 Å². The molecule has 0 spiro atoms. The number of methoxy groups -OCH3 is 1. The number of nitrogens with one attached hydrogen (secondary N) is 2. The molecule has 5 nitrogen and oxygen atoms in total. The number of nitrogens with zero attached hydrogens (tertiary/aromatic N) is 1. The summed E-state index contributed by atoms with van der Waals surface area (Å²) in [5.74, 6) is 3.92. The Hall–Kier alpha value is -2.34. The predicted molar refractivity (Wildman–Crippen MR) is 98.4 cm³/mol. The van der Waals surface area contributed by atoms with E-state index in [1.807, 2.05) is 36.4 Å². The normalized spacial score (nSPS) is 19.2. The monoisotopic (exact) mass is 343 g/mol. The number of hydrogen-bond donors (Lipinski definition) is 2. The van der Waals surface area contributed by atoms with Crippen LogP contribution in [0.2, 0.25) is 0 Å². The number of thiocarbonyl (C=S) groups is 1. The molecule has 0 saturated heterocycles. The van der Waals surface area contributed by atoms with E-state index in [2.05, 4.69) is 22.8 Å². The Morgan fingerprint density at radius 3 is 2.75 bits per heavy atom. The Kier molecular flexibility index (Phi) is 5.15. The van der Waals surface area contributed by atoms with E-state index in [4.69, 9.17) is 21.4 Å². The molecule has 1 aliphatic rings. The maximum absolute atomic E-state index is 5.75. The van der Waals surface area contributed by atoms with Gasteiger partial charge in [-0.25, -0.2) is 0 Å². The van der Waals surface area contributed by atoms with Crippen molar-refractivity contribution in [3.63, 3.8) is 0 Å². The number of hydrogen-bond acceptors (Lipinski definition) is 4. The van der Waals surface area contributed by atoms with Gasteiger partial charge in [-0.05, 0) is 54.4 Å². The van der Waals surface area contributed by atoms with Crippen molar-refractivity contribution in [3.8, 4) is 5.75 Å². The van der Waals surface area contributed by atoms with Crippen molar-refractivity contribution in [1.29, 1.82) is 0 Å². The molecule has 1 aromatic heterocycles. The quantitative estimate of drug-likeness (QED) is 0.478. The Morgan fingerprint density at radius 2 is 2.08 bits per heavy atom. The van der Waals surface area contributed by atoms with Gasteiger partial charge in [-0.3, -0.25) is 5.43 Å². The van der Waals surface area contributed by atoms with Crippen molar-refractivity contribution in [2.24, 2.45) is 11.0 Å². The first-order valence-electron chi connectivity index (χ1n) is 7.95. The molecule has 1 aliphatic carbocycles. The van der Waals surface area contributed by atoms with Gasteiger partial charge in [0.15, 0.2) is 5.11 Å². The molecule has 0 aliphatic heterocycles. The van der Waals surface area contributed by atoms with E-state index in [0.717, 1.165) is 28.8 Å². The highest BCUT2D eigenvalue weighted by Gasteiger charge is 2.36. The third kappa shape index (κ3) is 4.35. The molecule has 126 valence electrons. The Bertz CT molecular complexity index is 724. The van der Waals surface area contributed by atoms with Crippen LogP contribution < -0.4 is 15.5 Å². The van der Waals surface area contributed by atoms with Crippen LogP contribution in [-0.2, 0) is 6.54 Å². The zero-order valence-electron chi connectivity index (χ0n) is 13.8. The molecule has 1 aromatic carbocycles. The van der Waals surface area contributed by atoms with Crippen LogP contribution in [0.15, 0.2) is 45.9 Å². The summed E-state index contributed by atoms with van der Waals surface area (Å²) < 4.78 is 10.9. The Labute approximate surface area is 147 Å². The van der Waals surface area contributed by atoms with E-state index in [0.29, 0.717) is 17.6 Å². The van der Waals surface area contributed by atoms with Crippen LogP contribution in [0.25, 0.3) is 0 Å². The largest absolute Gasteiger partial charge is 0.497 e. The topological polar surface area (TPSA) is 58.8 Å². The fourth-order valence-electron chi connectivity index (χ4n) is 2.48. The summed E-state index contributed by atoms with van der Waals surface area (Å²) >= 11 is 5.20. The minimum absolute atomic E-state index is 0.463. The molecule has 24 heavy (non-hydrogen) atoms. The zero-order valence-corrected chi connectivity index (χ0v) is 14.6. The van der Waals surface area contributed by atoms with Crippen molar-refractivity contribution in [2.45, 2.75) is 25.8 Å². The van der Waals surface area contributed by atoms with Crippen molar-refractivity contribution in [3.05, 3.63) is 53.5 Å². The van der Waals surface area contributed by atoms with Crippen LogP contribution in [0.4, 0.5) is 0 Å². The van der Waals surface area contributed by atoms with Crippen LogP contribution in [-0.4, -0.2) is 18.4 Å². The lowest BCUT2D eigenvalue weighted by molar-refractivity contribution is 0.414. The molecule has 1 fully saturated rings. The van der Waals surface area contributed by atoms with E-state index in [1.54, 1.807) is 13.3 Å². The molecule has 3 rings (SSSR count). The first kappa shape index (κ1) is 16.5. The molecule has 2 N–H and O–H groups in total. The summed E-state index contributed by atoms with van der Waals surface area (Å²) in [6.07, 6.45) is 2.85. The van der Waals surface area contributed by atoms with Gasteiger partial charge in [0, 0.05) is 12.5 Å². The second kappa shape index (κ2) is 7.49. The van der Waals surface area contributed by atoms with Crippen LogP contribution >= 0.6 is 12.2 Å². The highest BCUT2D eigenvalue weighted by atomic mass is 32.1. The Balaban J connectivity index is 1.42. The summed E-state index contributed by atoms with van der Waals surface area (Å²) in [7, 11) is 1.65. The van der Waals surface area contributed by atoms with E-state index < -0.39 is 0 Å². The number of rotatable bonds is 6. The fourth-order valence-corrected chi connectivity index (χ4v) is 2.60. The van der Waals surface area contributed by atoms with E-state index >= 15 is 0 Å². The summed E-state index contributed by atoms with van der Waals surface area (Å²) in [4.78, 5) is 0. The lowest BCUT2D eigenvalue weighted by atomic mass is 10.2. The average Bonchev–Trinajstić information content (AvgIpc) is 3.14. The van der Waals surface area contributed by atoms with Gasteiger partial charge in [0.25, 0.3) is 0 Å². The minimum atomic E-state index is 0.463. The van der Waals surface area contributed by atoms with Gasteiger partial charge >= 0.3 is 0 Å². The fraction of sp³-hybridized carbons (Fsp3) is 0.333. The molecule has 0 unspecified atom stereocenters. The smallest absolute Gasteiger partial charge is 0.187 e. The van der Waals surface area contributed by atoms with E-state index in [-0.39, 0.29) is 0 Å². The van der Waals surface area contributed by atoms with Gasteiger partial charge in [-0.1, -0.05) is 19.1 Å². The third-order valence-electron chi connectivity index (χ3n) is 4.09. The summed E-state index contributed by atoms with van der Waals surface area (Å²) in [6, 6.07) is 11.8. The molecule has 6 heteroatoms. The number of benzene rings is 1.